The van der Waals surface area contributed by atoms with Crippen LogP contribution in [0.3, 0.4) is 0 Å². The lowest BCUT2D eigenvalue weighted by molar-refractivity contribution is 0.0737. The van der Waals surface area contributed by atoms with Gasteiger partial charge in [0.25, 0.3) is 0 Å². The number of nitrogens with one attached hydrogen (secondary N) is 1. The second-order valence-corrected chi connectivity index (χ2v) is 5.86. The van der Waals surface area contributed by atoms with Crippen LogP contribution in [0, 0.1) is 0 Å². The zero-order valence-electron chi connectivity index (χ0n) is 12.2. The summed E-state index contributed by atoms with van der Waals surface area (Å²) in [6.45, 7) is 8.63. The number of ether oxygens (including phenoxy) is 1. The number of fused-ring (bicyclic) bond motifs is 2. The third-order valence-corrected chi connectivity index (χ3v) is 4.54. The van der Waals surface area contributed by atoms with E-state index < -0.39 is 0 Å². The molecule has 0 aromatic rings. The van der Waals surface area contributed by atoms with Gasteiger partial charge in [0.15, 0.2) is 0 Å². The standard InChI is InChI=1S/C15H30N2O/c1-3-5-9-18-10-8-17(4-2)15-11-13-6-7-14(12-15)16-13/h13-16H,3-12H2,1-2H3. The average Bonchev–Trinajstić information content (AvgIpc) is 2.73. The molecular formula is C15H30N2O. The van der Waals surface area contributed by atoms with Crippen LogP contribution in [0.25, 0.3) is 0 Å². The molecule has 2 rings (SSSR count). The molecule has 1 N–H and O–H groups in total. The smallest absolute Gasteiger partial charge is 0.0593 e. The number of rotatable bonds is 8. The van der Waals surface area contributed by atoms with E-state index in [-0.39, 0.29) is 0 Å². The van der Waals surface area contributed by atoms with Gasteiger partial charge in [-0.05, 0) is 38.6 Å². The van der Waals surface area contributed by atoms with Crippen molar-refractivity contribution in [3.63, 3.8) is 0 Å². The minimum atomic E-state index is 0.795. The fourth-order valence-electron chi connectivity index (χ4n) is 3.45. The molecule has 0 radical (unpaired) electrons. The molecule has 3 nitrogen and oxygen atoms in total. The molecule has 0 spiro atoms. The summed E-state index contributed by atoms with van der Waals surface area (Å²) < 4.78 is 5.71. The van der Waals surface area contributed by atoms with Crippen molar-refractivity contribution < 1.29 is 4.74 Å². The first-order chi connectivity index (χ1) is 8.83. The van der Waals surface area contributed by atoms with Gasteiger partial charge in [-0.3, -0.25) is 4.90 Å². The van der Waals surface area contributed by atoms with Gasteiger partial charge in [-0.2, -0.15) is 0 Å². The maximum Gasteiger partial charge on any atom is 0.0593 e. The first kappa shape index (κ1) is 14.3. The Bertz CT molecular complexity index is 223. The van der Waals surface area contributed by atoms with Gasteiger partial charge in [0.05, 0.1) is 6.61 Å². The van der Waals surface area contributed by atoms with Crippen LogP contribution in [-0.2, 0) is 4.74 Å². The molecule has 0 aliphatic carbocycles. The quantitative estimate of drug-likeness (QED) is 0.673. The van der Waals surface area contributed by atoms with E-state index in [1.165, 1.54) is 45.1 Å². The number of hydrogen-bond acceptors (Lipinski definition) is 3. The van der Waals surface area contributed by atoms with Crippen LogP contribution in [0.2, 0.25) is 0 Å². The van der Waals surface area contributed by atoms with Crippen molar-refractivity contribution in [2.75, 3.05) is 26.3 Å². The molecule has 2 saturated heterocycles. The van der Waals surface area contributed by atoms with E-state index in [9.17, 15) is 0 Å². The Balaban J connectivity index is 1.68. The van der Waals surface area contributed by atoms with Crippen LogP contribution in [0.5, 0.6) is 0 Å². The van der Waals surface area contributed by atoms with Crippen LogP contribution in [-0.4, -0.2) is 49.3 Å². The Kier molecular flexibility index (Phi) is 5.93. The number of unbranched alkanes of at least 4 members (excludes halogenated alkanes) is 1. The maximum absolute atomic E-state index is 5.71. The van der Waals surface area contributed by atoms with Gasteiger partial charge in [-0.15, -0.1) is 0 Å². The molecule has 0 saturated carbocycles. The largest absolute Gasteiger partial charge is 0.380 e. The number of piperidine rings is 1. The lowest BCUT2D eigenvalue weighted by Gasteiger charge is -2.37. The van der Waals surface area contributed by atoms with Crippen molar-refractivity contribution in [2.24, 2.45) is 0 Å². The third kappa shape index (κ3) is 3.94. The molecule has 2 aliphatic heterocycles. The van der Waals surface area contributed by atoms with Crippen LogP contribution in [0.1, 0.15) is 52.4 Å². The summed E-state index contributed by atoms with van der Waals surface area (Å²) in [5, 5.41) is 3.73. The van der Waals surface area contributed by atoms with Crippen molar-refractivity contribution in [1.82, 2.24) is 10.2 Å². The fraction of sp³-hybridized carbons (Fsp3) is 1.00. The zero-order chi connectivity index (χ0) is 12.8. The van der Waals surface area contributed by atoms with Crippen LogP contribution < -0.4 is 5.32 Å². The summed E-state index contributed by atoms with van der Waals surface area (Å²) in [5.41, 5.74) is 0. The van der Waals surface area contributed by atoms with Crippen molar-refractivity contribution in [1.29, 1.82) is 0 Å². The van der Waals surface area contributed by atoms with Gasteiger partial charge >= 0.3 is 0 Å². The number of likely N-dealkylation sites (N-methyl/N-ethyl adjacent to an activating group) is 1. The first-order valence-corrected chi connectivity index (χ1v) is 7.91. The van der Waals surface area contributed by atoms with Gasteiger partial charge in [-0.25, -0.2) is 0 Å². The highest BCUT2D eigenvalue weighted by atomic mass is 16.5. The predicted molar refractivity (Wildman–Crippen MR) is 75.9 cm³/mol. The van der Waals surface area contributed by atoms with E-state index in [0.29, 0.717) is 0 Å². The molecule has 2 fully saturated rings. The molecule has 3 heteroatoms. The molecule has 2 unspecified atom stereocenters. The van der Waals surface area contributed by atoms with E-state index >= 15 is 0 Å². The molecular weight excluding hydrogens is 224 g/mol. The third-order valence-electron chi connectivity index (χ3n) is 4.54. The maximum atomic E-state index is 5.71. The summed E-state index contributed by atoms with van der Waals surface area (Å²) in [6.07, 6.45) is 7.91. The lowest BCUT2D eigenvalue weighted by Crippen LogP contribution is -2.49. The van der Waals surface area contributed by atoms with E-state index in [1.807, 2.05) is 0 Å². The molecule has 2 atom stereocenters. The van der Waals surface area contributed by atoms with Gasteiger partial charge in [0, 0.05) is 31.3 Å². The second kappa shape index (κ2) is 7.46. The fourth-order valence-corrected chi connectivity index (χ4v) is 3.45. The molecule has 18 heavy (non-hydrogen) atoms. The van der Waals surface area contributed by atoms with E-state index in [2.05, 4.69) is 24.1 Å². The van der Waals surface area contributed by atoms with Crippen molar-refractivity contribution in [3.05, 3.63) is 0 Å². The minimum absolute atomic E-state index is 0.795. The van der Waals surface area contributed by atoms with Gasteiger partial charge < -0.3 is 10.1 Å². The highest BCUT2D eigenvalue weighted by Crippen LogP contribution is 2.29. The minimum Gasteiger partial charge on any atom is -0.380 e. The number of nitrogens with zero attached hydrogens (tertiary/aromatic N) is 1. The summed E-state index contributed by atoms with van der Waals surface area (Å²) in [7, 11) is 0. The zero-order valence-corrected chi connectivity index (χ0v) is 12.2. The highest BCUT2D eigenvalue weighted by molar-refractivity contribution is 4.95. The molecule has 106 valence electrons. The molecule has 2 aliphatic rings. The Morgan fingerprint density at radius 3 is 2.44 bits per heavy atom. The molecule has 0 amide bonds. The molecule has 0 aromatic heterocycles. The Hall–Kier alpha value is -0.120. The summed E-state index contributed by atoms with van der Waals surface area (Å²) in [4.78, 5) is 2.64. The summed E-state index contributed by atoms with van der Waals surface area (Å²) in [6, 6.07) is 2.39. The summed E-state index contributed by atoms with van der Waals surface area (Å²) >= 11 is 0. The molecule has 2 bridgehead atoms. The van der Waals surface area contributed by atoms with E-state index in [1.54, 1.807) is 0 Å². The second-order valence-electron chi connectivity index (χ2n) is 5.86. The van der Waals surface area contributed by atoms with E-state index in [4.69, 9.17) is 4.74 Å². The van der Waals surface area contributed by atoms with Crippen LogP contribution >= 0.6 is 0 Å². The van der Waals surface area contributed by atoms with Gasteiger partial charge in [0.2, 0.25) is 0 Å². The topological polar surface area (TPSA) is 24.5 Å². The molecule has 0 aromatic carbocycles. The SMILES string of the molecule is CCCCOCCN(CC)C1CC2CCC(C1)N2. The monoisotopic (exact) mass is 254 g/mol. The summed E-state index contributed by atoms with van der Waals surface area (Å²) in [5.74, 6) is 0. The van der Waals surface area contributed by atoms with Crippen molar-refractivity contribution >= 4 is 0 Å². The lowest BCUT2D eigenvalue weighted by atomic mass is 9.98. The Morgan fingerprint density at radius 1 is 1.11 bits per heavy atom. The van der Waals surface area contributed by atoms with Crippen LogP contribution in [0.4, 0.5) is 0 Å². The molecule has 2 heterocycles. The van der Waals surface area contributed by atoms with Gasteiger partial charge in [0.1, 0.15) is 0 Å². The predicted octanol–water partition coefficient (Wildman–Crippen LogP) is 2.41. The Morgan fingerprint density at radius 2 is 1.83 bits per heavy atom. The normalized spacial score (nSPS) is 31.2. The van der Waals surface area contributed by atoms with Gasteiger partial charge in [-0.1, -0.05) is 20.3 Å². The van der Waals surface area contributed by atoms with Crippen molar-refractivity contribution in [3.8, 4) is 0 Å². The average molecular weight is 254 g/mol. The van der Waals surface area contributed by atoms with Crippen LogP contribution in [0.15, 0.2) is 0 Å². The highest BCUT2D eigenvalue weighted by Gasteiger charge is 2.35. The van der Waals surface area contributed by atoms with Crippen molar-refractivity contribution in [2.45, 2.75) is 70.5 Å². The number of hydrogen-bond donors (Lipinski definition) is 1. The first-order valence-electron chi connectivity index (χ1n) is 7.91. The Labute approximate surface area is 112 Å². The van der Waals surface area contributed by atoms with E-state index in [0.717, 1.165) is 37.9 Å².